The molecule has 3 aromatic rings. The molecule has 3 rings (SSSR count). The van der Waals surface area contributed by atoms with Gasteiger partial charge in [0.05, 0.1) is 33.7 Å². The number of benzene rings is 1. The van der Waals surface area contributed by atoms with E-state index in [1.807, 2.05) is 0 Å². The normalized spacial score (nSPS) is 11.8. The molecule has 0 aliphatic carbocycles. The van der Waals surface area contributed by atoms with E-state index < -0.39 is 28.5 Å². The predicted molar refractivity (Wildman–Crippen MR) is 108 cm³/mol. The molecule has 12 heteroatoms. The molecule has 30 heavy (non-hydrogen) atoms. The molecule has 0 unspecified atom stereocenters. The molecule has 160 valence electrons. The topological polar surface area (TPSA) is 64.7 Å². The summed E-state index contributed by atoms with van der Waals surface area (Å²) < 4.78 is 41.4. The highest BCUT2D eigenvalue weighted by Gasteiger charge is 2.39. The van der Waals surface area contributed by atoms with Crippen LogP contribution in [0.5, 0.6) is 0 Å². The van der Waals surface area contributed by atoms with Crippen LogP contribution in [-0.4, -0.2) is 25.5 Å². The lowest BCUT2D eigenvalue weighted by Crippen LogP contribution is -2.17. The standard InChI is InChI=1S/C18H15Cl3F3N5O/c1-8-14(9(2)29(26-8)7-10-4-5-11(19)12(20)6-10)25-17(30)15-13(21)16(18(22,23)24)27-28(15)3/h4-6H,7H2,1-3H3,(H,25,30). The molecule has 0 bridgehead atoms. The lowest BCUT2D eigenvalue weighted by atomic mass is 10.2. The van der Waals surface area contributed by atoms with Gasteiger partial charge in [-0.1, -0.05) is 40.9 Å². The Kier molecular flexibility index (Phi) is 6.08. The van der Waals surface area contributed by atoms with E-state index in [1.165, 1.54) is 7.05 Å². The van der Waals surface area contributed by atoms with E-state index in [0.29, 0.717) is 33.7 Å². The Bertz CT molecular complexity index is 1140. The van der Waals surface area contributed by atoms with Crippen molar-refractivity contribution in [3.8, 4) is 0 Å². The molecule has 0 radical (unpaired) electrons. The summed E-state index contributed by atoms with van der Waals surface area (Å²) in [5, 5.41) is 10.3. The summed E-state index contributed by atoms with van der Waals surface area (Å²) in [4.78, 5) is 12.7. The number of carbonyl (C=O) groups is 1. The third-order valence-electron chi connectivity index (χ3n) is 4.41. The second-order valence-electron chi connectivity index (χ2n) is 6.54. The van der Waals surface area contributed by atoms with Crippen LogP contribution < -0.4 is 5.32 Å². The smallest absolute Gasteiger partial charge is 0.317 e. The van der Waals surface area contributed by atoms with Crippen molar-refractivity contribution >= 4 is 46.4 Å². The summed E-state index contributed by atoms with van der Waals surface area (Å²) in [5.74, 6) is -0.828. The van der Waals surface area contributed by atoms with Crippen molar-refractivity contribution in [2.45, 2.75) is 26.6 Å². The average Bonchev–Trinajstić information content (AvgIpc) is 3.08. The first kappa shape index (κ1) is 22.5. The number of rotatable bonds is 4. The van der Waals surface area contributed by atoms with Crippen LogP contribution in [0.3, 0.4) is 0 Å². The maximum absolute atomic E-state index is 13.0. The molecule has 1 aromatic carbocycles. The molecule has 0 spiro atoms. The van der Waals surface area contributed by atoms with Gasteiger partial charge in [-0.05, 0) is 31.5 Å². The molecular formula is C18H15Cl3F3N5O. The van der Waals surface area contributed by atoms with Gasteiger partial charge in [0.25, 0.3) is 5.91 Å². The van der Waals surface area contributed by atoms with Crippen molar-refractivity contribution in [3.05, 3.63) is 61.6 Å². The molecule has 2 heterocycles. The summed E-state index contributed by atoms with van der Waals surface area (Å²) >= 11 is 17.7. The first-order valence-electron chi connectivity index (χ1n) is 8.49. The lowest BCUT2D eigenvalue weighted by molar-refractivity contribution is -0.141. The molecule has 2 aromatic heterocycles. The number of alkyl halides is 3. The van der Waals surface area contributed by atoms with Crippen LogP contribution in [0.25, 0.3) is 0 Å². The molecule has 0 saturated heterocycles. The van der Waals surface area contributed by atoms with Gasteiger partial charge in [0, 0.05) is 7.05 Å². The van der Waals surface area contributed by atoms with Crippen molar-refractivity contribution in [1.29, 1.82) is 0 Å². The number of aryl methyl sites for hydroxylation is 2. The van der Waals surface area contributed by atoms with Gasteiger partial charge in [-0.25, -0.2) is 0 Å². The van der Waals surface area contributed by atoms with Crippen LogP contribution in [0.1, 0.15) is 33.1 Å². The van der Waals surface area contributed by atoms with Crippen LogP contribution in [-0.2, 0) is 19.8 Å². The van der Waals surface area contributed by atoms with Crippen molar-refractivity contribution in [3.63, 3.8) is 0 Å². The van der Waals surface area contributed by atoms with Crippen molar-refractivity contribution in [2.24, 2.45) is 7.05 Å². The second-order valence-corrected chi connectivity index (χ2v) is 7.73. The Labute approximate surface area is 184 Å². The zero-order valence-corrected chi connectivity index (χ0v) is 18.2. The van der Waals surface area contributed by atoms with E-state index in [0.717, 1.165) is 10.2 Å². The zero-order chi connectivity index (χ0) is 22.4. The number of hydrogen-bond donors (Lipinski definition) is 1. The van der Waals surface area contributed by atoms with Crippen molar-refractivity contribution < 1.29 is 18.0 Å². The van der Waals surface area contributed by atoms with Crippen LogP contribution in [0.2, 0.25) is 15.1 Å². The number of aromatic nitrogens is 4. The minimum absolute atomic E-state index is 0.351. The summed E-state index contributed by atoms with van der Waals surface area (Å²) in [5.41, 5.74) is 0.556. The predicted octanol–water partition coefficient (Wildman–Crippen LogP) is 5.51. The van der Waals surface area contributed by atoms with Crippen LogP contribution in [0.15, 0.2) is 18.2 Å². The monoisotopic (exact) mass is 479 g/mol. The quantitative estimate of drug-likeness (QED) is 0.535. The highest BCUT2D eigenvalue weighted by atomic mass is 35.5. The Morgan fingerprint density at radius 1 is 1.13 bits per heavy atom. The van der Waals surface area contributed by atoms with Gasteiger partial charge < -0.3 is 5.32 Å². The Hall–Kier alpha value is -2.23. The maximum atomic E-state index is 13.0. The van der Waals surface area contributed by atoms with Gasteiger partial charge in [-0.2, -0.15) is 23.4 Å². The van der Waals surface area contributed by atoms with E-state index in [1.54, 1.807) is 36.7 Å². The average molecular weight is 481 g/mol. The van der Waals surface area contributed by atoms with E-state index in [4.69, 9.17) is 34.8 Å². The molecule has 0 saturated carbocycles. The summed E-state index contributed by atoms with van der Waals surface area (Å²) in [6.07, 6.45) is -4.77. The van der Waals surface area contributed by atoms with Gasteiger partial charge in [0.15, 0.2) is 5.69 Å². The van der Waals surface area contributed by atoms with E-state index >= 15 is 0 Å². The molecule has 0 aliphatic rings. The minimum Gasteiger partial charge on any atom is -0.317 e. The Morgan fingerprint density at radius 2 is 1.80 bits per heavy atom. The first-order chi connectivity index (χ1) is 13.9. The van der Waals surface area contributed by atoms with Crippen molar-refractivity contribution in [1.82, 2.24) is 19.6 Å². The lowest BCUT2D eigenvalue weighted by Gasteiger charge is -2.08. The number of anilines is 1. The highest BCUT2D eigenvalue weighted by molar-refractivity contribution is 6.42. The number of amides is 1. The summed E-state index contributed by atoms with van der Waals surface area (Å²) in [6.45, 7) is 3.74. The highest BCUT2D eigenvalue weighted by Crippen LogP contribution is 2.35. The number of halogens is 6. The fourth-order valence-electron chi connectivity index (χ4n) is 2.94. The van der Waals surface area contributed by atoms with E-state index in [-0.39, 0.29) is 0 Å². The molecule has 1 N–H and O–H groups in total. The van der Waals surface area contributed by atoms with E-state index in [9.17, 15) is 18.0 Å². The molecule has 0 aliphatic heterocycles. The molecular weight excluding hydrogens is 466 g/mol. The number of nitrogens with one attached hydrogen (secondary N) is 1. The fourth-order valence-corrected chi connectivity index (χ4v) is 3.62. The molecule has 6 nitrogen and oxygen atoms in total. The summed E-state index contributed by atoms with van der Waals surface area (Å²) in [7, 11) is 1.21. The van der Waals surface area contributed by atoms with Crippen LogP contribution in [0.4, 0.5) is 18.9 Å². The van der Waals surface area contributed by atoms with Gasteiger partial charge in [0.1, 0.15) is 10.7 Å². The Morgan fingerprint density at radius 3 is 2.37 bits per heavy atom. The number of hydrogen-bond acceptors (Lipinski definition) is 3. The van der Waals surface area contributed by atoms with Gasteiger partial charge in [0.2, 0.25) is 0 Å². The Balaban J connectivity index is 1.89. The third-order valence-corrected chi connectivity index (χ3v) is 5.51. The van der Waals surface area contributed by atoms with Crippen LogP contribution in [0, 0.1) is 13.8 Å². The van der Waals surface area contributed by atoms with E-state index in [2.05, 4.69) is 15.5 Å². The SMILES string of the molecule is Cc1nn(Cc2ccc(Cl)c(Cl)c2)c(C)c1NC(=O)c1c(Cl)c(C(F)(F)F)nn1C. The van der Waals surface area contributed by atoms with Gasteiger partial charge in [-0.15, -0.1) is 0 Å². The second kappa shape index (κ2) is 8.13. The van der Waals surface area contributed by atoms with Crippen molar-refractivity contribution in [2.75, 3.05) is 5.32 Å². The fraction of sp³-hybridized carbons (Fsp3) is 0.278. The number of nitrogens with zero attached hydrogens (tertiary/aromatic N) is 4. The van der Waals surface area contributed by atoms with Gasteiger partial charge in [-0.3, -0.25) is 14.2 Å². The zero-order valence-electron chi connectivity index (χ0n) is 15.9. The summed E-state index contributed by atoms with van der Waals surface area (Å²) in [6, 6.07) is 5.15. The minimum atomic E-state index is -4.77. The number of carbonyl (C=O) groups excluding carboxylic acids is 1. The molecule has 0 fully saturated rings. The molecule has 0 atom stereocenters. The first-order valence-corrected chi connectivity index (χ1v) is 9.62. The largest absolute Gasteiger partial charge is 0.436 e. The maximum Gasteiger partial charge on any atom is 0.436 e. The van der Waals surface area contributed by atoms with Gasteiger partial charge >= 0.3 is 6.18 Å². The molecule has 1 amide bonds. The third kappa shape index (κ3) is 4.28. The van der Waals surface area contributed by atoms with Crippen LogP contribution >= 0.6 is 34.8 Å².